The number of hydrogen-bond donors (Lipinski definition) is 1. The molecule has 0 radical (unpaired) electrons. The Morgan fingerprint density at radius 3 is 2.43 bits per heavy atom. The zero-order valence-corrected chi connectivity index (χ0v) is 15.4. The number of fused-ring (bicyclic) bond motifs is 1. The summed E-state index contributed by atoms with van der Waals surface area (Å²) < 4.78 is 5.39. The van der Waals surface area contributed by atoms with E-state index in [2.05, 4.69) is 12.2 Å². The molecule has 1 N–H and O–H groups in total. The van der Waals surface area contributed by atoms with Crippen molar-refractivity contribution in [3.05, 3.63) is 100 Å². The predicted molar refractivity (Wildman–Crippen MR) is 112 cm³/mol. The molecule has 4 heteroatoms. The minimum Gasteiger partial charge on any atom is -0.422 e. The van der Waals surface area contributed by atoms with Gasteiger partial charge in [0.2, 0.25) is 0 Å². The molecule has 0 fully saturated rings. The van der Waals surface area contributed by atoms with Gasteiger partial charge in [-0.05, 0) is 47.9 Å². The van der Waals surface area contributed by atoms with Crippen molar-refractivity contribution < 1.29 is 9.21 Å². The van der Waals surface area contributed by atoms with Gasteiger partial charge in [0.25, 0.3) is 5.91 Å². The molecule has 0 atom stereocenters. The lowest BCUT2D eigenvalue weighted by atomic mass is 10.0. The summed E-state index contributed by atoms with van der Waals surface area (Å²) in [6.07, 6.45) is 0.840. The number of aryl methyl sites for hydroxylation is 1. The number of para-hydroxylation sites is 2. The monoisotopic (exact) mass is 369 g/mol. The van der Waals surface area contributed by atoms with Gasteiger partial charge in [-0.2, -0.15) is 0 Å². The summed E-state index contributed by atoms with van der Waals surface area (Å²) >= 11 is 0. The molecular formula is C24H19NO3. The second-order valence-corrected chi connectivity index (χ2v) is 6.53. The number of anilines is 1. The number of carbonyl (C=O) groups excluding carboxylic acids is 1. The average Bonchev–Trinajstić information content (AvgIpc) is 2.73. The first-order chi connectivity index (χ1) is 13.7. The normalized spacial score (nSPS) is 10.8. The SMILES string of the molecule is CCc1ccccc1NC(=O)c1ccc(-c2cc3ccccc3oc2=O)cc1. The highest BCUT2D eigenvalue weighted by molar-refractivity contribution is 6.04. The molecule has 0 aliphatic heterocycles. The van der Waals surface area contributed by atoms with Gasteiger partial charge < -0.3 is 9.73 Å². The van der Waals surface area contributed by atoms with E-state index in [4.69, 9.17) is 4.42 Å². The maximum atomic E-state index is 12.6. The first kappa shape index (κ1) is 17.7. The van der Waals surface area contributed by atoms with Crippen LogP contribution in [0.15, 0.2) is 88.1 Å². The van der Waals surface area contributed by atoms with Gasteiger partial charge in [0, 0.05) is 16.6 Å². The van der Waals surface area contributed by atoms with Gasteiger partial charge in [-0.25, -0.2) is 4.79 Å². The minimum absolute atomic E-state index is 0.182. The molecule has 4 nitrogen and oxygen atoms in total. The lowest BCUT2D eigenvalue weighted by molar-refractivity contribution is 0.102. The number of carbonyl (C=O) groups is 1. The van der Waals surface area contributed by atoms with Crippen LogP contribution in [-0.4, -0.2) is 5.91 Å². The number of hydrogen-bond acceptors (Lipinski definition) is 3. The van der Waals surface area contributed by atoms with Gasteiger partial charge in [0.05, 0.1) is 5.56 Å². The van der Waals surface area contributed by atoms with Crippen LogP contribution in [0.5, 0.6) is 0 Å². The van der Waals surface area contributed by atoms with Crippen LogP contribution in [0.2, 0.25) is 0 Å². The van der Waals surface area contributed by atoms with Crippen LogP contribution in [0, 0.1) is 0 Å². The third-order valence-electron chi connectivity index (χ3n) is 4.75. The van der Waals surface area contributed by atoms with Crippen LogP contribution in [0.1, 0.15) is 22.8 Å². The van der Waals surface area contributed by atoms with Crippen LogP contribution in [0.3, 0.4) is 0 Å². The fourth-order valence-electron chi connectivity index (χ4n) is 3.21. The van der Waals surface area contributed by atoms with Gasteiger partial charge >= 0.3 is 5.63 Å². The standard InChI is InChI=1S/C24H19NO3/c1-2-16-7-3-5-9-21(16)25-23(26)18-13-11-17(12-14-18)20-15-19-8-4-6-10-22(19)28-24(20)27/h3-15H,2H2,1H3,(H,25,26). The molecule has 4 aromatic rings. The van der Waals surface area contributed by atoms with Crippen LogP contribution in [-0.2, 0) is 6.42 Å². The summed E-state index contributed by atoms with van der Waals surface area (Å²) in [5.74, 6) is -0.182. The highest BCUT2D eigenvalue weighted by Crippen LogP contribution is 2.22. The topological polar surface area (TPSA) is 59.3 Å². The predicted octanol–water partition coefficient (Wildman–Crippen LogP) is 5.27. The Morgan fingerprint density at radius 1 is 0.929 bits per heavy atom. The van der Waals surface area contributed by atoms with Crippen molar-refractivity contribution in [2.75, 3.05) is 5.32 Å². The number of nitrogens with one attached hydrogen (secondary N) is 1. The lowest BCUT2D eigenvalue weighted by Gasteiger charge is -2.10. The van der Waals surface area contributed by atoms with Gasteiger partial charge in [-0.1, -0.05) is 55.5 Å². The van der Waals surface area contributed by atoms with Gasteiger partial charge in [0.1, 0.15) is 5.58 Å². The molecule has 0 spiro atoms. The van der Waals surface area contributed by atoms with Crippen molar-refractivity contribution in [2.45, 2.75) is 13.3 Å². The summed E-state index contributed by atoms with van der Waals surface area (Å²) in [6, 6.07) is 23.9. The Bertz CT molecular complexity index is 1210. The molecule has 1 aromatic heterocycles. The van der Waals surface area contributed by atoms with E-state index in [1.165, 1.54) is 0 Å². The maximum absolute atomic E-state index is 12.6. The van der Waals surface area contributed by atoms with E-state index in [0.29, 0.717) is 22.3 Å². The third-order valence-corrected chi connectivity index (χ3v) is 4.75. The first-order valence-electron chi connectivity index (χ1n) is 9.18. The summed E-state index contributed by atoms with van der Waals surface area (Å²) in [5, 5.41) is 3.81. The molecule has 0 aliphatic carbocycles. The molecular weight excluding hydrogens is 350 g/mol. The summed E-state index contributed by atoms with van der Waals surface area (Å²) in [4.78, 5) is 24.9. The molecule has 0 saturated heterocycles. The number of amides is 1. The Kier molecular flexibility index (Phi) is 4.77. The Balaban J connectivity index is 1.61. The van der Waals surface area contributed by atoms with Crippen molar-refractivity contribution in [1.29, 1.82) is 0 Å². The molecule has 28 heavy (non-hydrogen) atoms. The van der Waals surface area contributed by atoms with Crippen molar-refractivity contribution in [3.63, 3.8) is 0 Å². The van der Waals surface area contributed by atoms with E-state index in [-0.39, 0.29) is 5.91 Å². The molecule has 0 aliphatic rings. The van der Waals surface area contributed by atoms with Gasteiger partial charge in [-0.3, -0.25) is 4.79 Å². The van der Waals surface area contributed by atoms with Gasteiger partial charge in [-0.15, -0.1) is 0 Å². The van der Waals surface area contributed by atoms with Crippen molar-refractivity contribution in [1.82, 2.24) is 0 Å². The van der Waals surface area contributed by atoms with Crippen LogP contribution in [0.4, 0.5) is 5.69 Å². The zero-order valence-electron chi connectivity index (χ0n) is 15.4. The van der Waals surface area contributed by atoms with E-state index in [1.54, 1.807) is 30.3 Å². The van der Waals surface area contributed by atoms with Gasteiger partial charge in [0.15, 0.2) is 0 Å². The smallest absolute Gasteiger partial charge is 0.344 e. The molecule has 0 saturated carbocycles. The molecule has 3 aromatic carbocycles. The molecule has 1 amide bonds. The van der Waals surface area contributed by atoms with E-state index < -0.39 is 5.63 Å². The van der Waals surface area contributed by atoms with E-state index in [9.17, 15) is 9.59 Å². The van der Waals surface area contributed by atoms with Crippen molar-refractivity contribution in [3.8, 4) is 11.1 Å². The highest BCUT2D eigenvalue weighted by atomic mass is 16.4. The van der Waals surface area contributed by atoms with Crippen molar-refractivity contribution in [2.24, 2.45) is 0 Å². The van der Waals surface area contributed by atoms with E-state index >= 15 is 0 Å². The quantitative estimate of drug-likeness (QED) is 0.498. The second kappa shape index (κ2) is 7.53. The molecule has 0 bridgehead atoms. The number of benzene rings is 3. The number of rotatable bonds is 4. The summed E-state index contributed by atoms with van der Waals surface area (Å²) in [5.41, 5.74) is 3.77. The Hall–Kier alpha value is -3.66. The van der Waals surface area contributed by atoms with E-state index in [1.807, 2.05) is 48.5 Å². The molecule has 1 heterocycles. The third kappa shape index (κ3) is 3.45. The fourth-order valence-corrected chi connectivity index (χ4v) is 3.21. The summed E-state index contributed by atoms with van der Waals surface area (Å²) in [7, 11) is 0. The van der Waals surface area contributed by atoms with Crippen molar-refractivity contribution >= 4 is 22.6 Å². The molecule has 4 rings (SSSR count). The Labute approximate surface area is 162 Å². The lowest BCUT2D eigenvalue weighted by Crippen LogP contribution is -2.13. The average molecular weight is 369 g/mol. The van der Waals surface area contributed by atoms with Crippen LogP contribution in [0.25, 0.3) is 22.1 Å². The summed E-state index contributed by atoms with van der Waals surface area (Å²) in [6.45, 7) is 2.05. The van der Waals surface area contributed by atoms with E-state index in [0.717, 1.165) is 23.1 Å². The van der Waals surface area contributed by atoms with Crippen LogP contribution >= 0.6 is 0 Å². The highest BCUT2D eigenvalue weighted by Gasteiger charge is 2.11. The largest absolute Gasteiger partial charge is 0.422 e. The second-order valence-electron chi connectivity index (χ2n) is 6.53. The zero-order chi connectivity index (χ0) is 19.5. The van der Waals surface area contributed by atoms with Crippen LogP contribution < -0.4 is 10.9 Å². The molecule has 0 unspecified atom stereocenters. The molecule has 138 valence electrons. The Morgan fingerprint density at radius 2 is 1.64 bits per heavy atom. The first-order valence-corrected chi connectivity index (χ1v) is 9.18. The minimum atomic E-state index is -0.396. The fraction of sp³-hybridized carbons (Fsp3) is 0.0833. The maximum Gasteiger partial charge on any atom is 0.344 e.